The Morgan fingerprint density at radius 1 is 1.44 bits per heavy atom. The van der Waals surface area contributed by atoms with E-state index in [1.54, 1.807) is 0 Å². The van der Waals surface area contributed by atoms with Crippen molar-refractivity contribution >= 4 is 22.6 Å². The monoisotopic (exact) mass is 263 g/mol. The first-order valence-corrected chi connectivity index (χ1v) is 6.98. The lowest BCUT2D eigenvalue weighted by molar-refractivity contribution is 0.290. The molecule has 1 aliphatic rings. The number of fused-ring (bicyclic) bond motifs is 1. The maximum atomic E-state index is 6.20. The number of nitrogens with zero attached hydrogens (tertiary/aromatic N) is 1. The molecule has 0 radical (unpaired) electrons. The van der Waals surface area contributed by atoms with Gasteiger partial charge in [0.15, 0.2) is 0 Å². The second kappa shape index (κ2) is 4.56. The lowest BCUT2D eigenvalue weighted by atomic mass is 9.77. The van der Waals surface area contributed by atoms with Crippen LogP contribution in [0.1, 0.15) is 32.0 Å². The van der Waals surface area contributed by atoms with E-state index in [-0.39, 0.29) is 5.41 Å². The summed E-state index contributed by atoms with van der Waals surface area (Å²) < 4.78 is 0. The predicted molar refractivity (Wildman–Crippen MR) is 75.2 cm³/mol. The first kappa shape index (κ1) is 12.0. The van der Waals surface area contributed by atoms with E-state index in [2.05, 4.69) is 17.2 Å². The fraction of sp³-hybridized carbons (Fsp3) is 0.500. The van der Waals surface area contributed by atoms with Gasteiger partial charge in [0.2, 0.25) is 0 Å². The molecule has 4 heteroatoms. The van der Waals surface area contributed by atoms with Gasteiger partial charge in [-0.2, -0.15) is 0 Å². The molecule has 1 aliphatic heterocycles. The van der Waals surface area contributed by atoms with E-state index >= 15 is 0 Å². The second-order valence-corrected chi connectivity index (χ2v) is 5.54. The van der Waals surface area contributed by atoms with Crippen LogP contribution in [0, 0.1) is 0 Å². The van der Waals surface area contributed by atoms with Gasteiger partial charge in [-0.25, -0.2) is 4.98 Å². The van der Waals surface area contributed by atoms with E-state index in [0.29, 0.717) is 0 Å². The zero-order valence-corrected chi connectivity index (χ0v) is 11.3. The second-order valence-electron chi connectivity index (χ2n) is 5.14. The fourth-order valence-corrected chi connectivity index (χ4v) is 3.10. The summed E-state index contributed by atoms with van der Waals surface area (Å²) in [7, 11) is 0. The van der Waals surface area contributed by atoms with Crippen molar-refractivity contribution in [3.8, 4) is 0 Å². The standard InChI is InChI=1S/C14H18ClN3/c1-2-14(7-4-8-16-9-14)13-17-11-6-3-5-10(15)12(11)18-13/h3,5-6,16H,2,4,7-9H2,1H3,(H,17,18). The Balaban J connectivity index is 2.09. The van der Waals surface area contributed by atoms with E-state index in [1.807, 2.05) is 18.2 Å². The molecule has 2 heterocycles. The Morgan fingerprint density at radius 2 is 2.33 bits per heavy atom. The predicted octanol–water partition coefficient (Wildman–Crippen LogP) is 3.25. The smallest absolute Gasteiger partial charge is 0.114 e. The summed E-state index contributed by atoms with van der Waals surface area (Å²) >= 11 is 6.20. The number of hydrogen-bond donors (Lipinski definition) is 2. The van der Waals surface area contributed by atoms with Gasteiger partial charge in [-0.05, 0) is 37.9 Å². The average Bonchev–Trinajstić information content (AvgIpc) is 2.85. The van der Waals surface area contributed by atoms with Crippen LogP contribution in [-0.4, -0.2) is 23.1 Å². The lowest BCUT2D eigenvalue weighted by Crippen LogP contribution is -2.43. The minimum Gasteiger partial charge on any atom is -0.341 e. The maximum Gasteiger partial charge on any atom is 0.114 e. The number of imidazole rings is 1. The molecule has 3 rings (SSSR count). The molecule has 1 unspecified atom stereocenters. The van der Waals surface area contributed by atoms with Crippen LogP contribution < -0.4 is 5.32 Å². The molecule has 0 spiro atoms. The van der Waals surface area contributed by atoms with Gasteiger partial charge in [-0.15, -0.1) is 0 Å². The van der Waals surface area contributed by atoms with E-state index in [9.17, 15) is 0 Å². The summed E-state index contributed by atoms with van der Waals surface area (Å²) in [6.07, 6.45) is 3.49. The highest BCUT2D eigenvalue weighted by Gasteiger charge is 2.35. The molecular weight excluding hydrogens is 246 g/mol. The molecule has 1 aromatic carbocycles. The molecule has 96 valence electrons. The van der Waals surface area contributed by atoms with E-state index < -0.39 is 0 Å². The van der Waals surface area contributed by atoms with Crippen LogP contribution in [0.5, 0.6) is 0 Å². The third kappa shape index (κ3) is 1.82. The van der Waals surface area contributed by atoms with Gasteiger partial charge in [-0.3, -0.25) is 0 Å². The molecule has 1 atom stereocenters. The Morgan fingerprint density at radius 3 is 3.00 bits per heavy atom. The molecule has 3 nitrogen and oxygen atoms in total. The Hall–Kier alpha value is -1.06. The van der Waals surface area contributed by atoms with Crippen molar-refractivity contribution in [3.63, 3.8) is 0 Å². The number of para-hydroxylation sites is 1. The van der Waals surface area contributed by atoms with Gasteiger partial charge in [-0.1, -0.05) is 24.6 Å². The van der Waals surface area contributed by atoms with Gasteiger partial charge in [0.1, 0.15) is 11.3 Å². The molecule has 1 fully saturated rings. The minimum atomic E-state index is 0.139. The normalized spacial score (nSPS) is 24.6. The van der Waals surface area contributed by atoms with Crippen molar-refractivity contribution in [1.29, 1.82) is 0 Å². The molecule has 2 N–H and O–H groups in total. The number of nitrogens with one attached hydrogen (secondary N) is 2. The van der Waals surface area contributed by atoms with Gasteiger partial charge in [0.05, 0.1) is 10.5 Å². The highest BCUT2D eigenvalue weighted by molar-refractivity contribution is 6.34. The summed E-state index contributed by atoms with van der Waals surface area (Å²) in [6, 6.07) is 5.90. The quantitative estimate of drug-likeness (QED) is 0.873. The van der Waals surface area contributed by atoms with Crippen molar-refractivity contribution in [2.45, 2.75) is 31.6 Å². The molecule has 1 aromatic heterocycles. The van der Waals surface area contributed by atoms with Gasteiger partial charge in [0.25, 0.3) is 0 Å². The van der Waals surface area contributed by atoms with Crippen LogP contribution in [0.3, 0.4) is 0 Å². The highest BCUT2D eigenvalue weighted by atomic mass is 35.5. The SMILES string of the molecule is CCC1(c2nc3c(Cl)cccc3[nH]2)CCCNC1. The molecule has 0 saturated carbocycles. The summed E-state index contributed by atoms with van der Waals surface area (Å²) in [5, 5.41) is 4.22. The Kier molecular flexibility index (Phi) is 3.04. The number of H-pyrrole nitrogens is 1. The third-order valence-electron chi connectivity index (χ3n) is 4.11. The number of aromatic nitrogens is 2. The molecule has 0 bridgehead atoms. The Labute approximate surface area is 112 Å². The minimum absolute atomic E-state index is 0.139. The van der Waals surface area contributed by atoms with Crippen molar-refractivity contribution in [2.75, 3.05) is 13.1 Å². The summed E-state index contributed by atoms with van der Waals surface area (Å²) in [6.45, 7) is 4.35. The van der Waals surface area contributed by atoms with E-state index in [4.69, 9.17) is 16.6 Å². The van der Waals surface area contributed by atoms with Gasteiger partial charge < -0.3 is 10.3 Å². The van der Waals surface area contributed by atoms with Crippen LogP contribution in [0.4, 0.5) is 0 Å². The molecule has 18 heavy (non-hydrogen) atoms. The van der Waals surface area contributed by atoms with Crippen molar-refractivity contribution in [1.82, 2.24) is 15.3 Å². The molecule has 0 amide bonds. The first-order chi connectivity index (χ1) is 8.75. The largest absolute Gasteiger partial charge is 0.341 e. The number of halogens is 1. The molecule has 1 saturated heterocycles. The number of aromatic amines is 1. The number of hydrogen-bond acceptors (Lipinski definition) is 2. The van der Waals surface area contributed by atoms with Crippen molar-refractivity contribution in [3.05, 3.63) is 29.0 Å². The van der Waals surface area contributed by atoms with Crippen LogP contribution >= 0.6 is 11.6 Å². The molecule has 0 aliphatic carbocycles. The molecular formula is C14H18ClN3. The van der Waals surface area contributed by atoms with Crippen LogP contribution in [0.15, 0.2) is 18.2 Å². The summed E-state index contributed by atoms with van der Waals surface area (Å²) in [5.41, 5.74) is 2.07. The average molecular weight is 264 g/mol. The Bertz CT molecular complexity index is 555. The van der Waals surface area contributed by atoms with Gasteiger partial charge in [0, 0.05) is 12.0 Å². The van der Waals surface area contributed by atoms with Gasteiger partial charge >= 0.3 is 0 Å². The summed E-state index contributed by atoms with van der Waals surface area (Å²) in [4.78, 5) is 8.21. The zero-order chi connectivity index (χ0) is 12.6. The summed E-state index contributed by atoms with van der Waals surface area (Å²) in [5.74, 6) is 1.08. The zero-order valence-electron chi connectivity index (χ0n) is 10.6. The lowest BCUT2D eigenvalue weighted by Gasteiger charge is -2.35. The third-order valence-corrected chi connectivity index (χ3v) is 4.42. The number of rotatable bonds is 2. The van der Waals surface area contributed by atoms with E-state index in [0.717, 1.165) is 41.4 Å². The van der Waals surface area contributed by atoms with E-state index in [1.165, 1.54) is 12.8 Å². The number of benzene rings is 1. The maximum absolute atomic E-state index is 6.20. The van der Waals surface area contributed by atoms with Crippen LogP contribution in [0.2, 0.25) is 5.02 Å². The number of piperidine rings is 1. The highest BCUT2D eigenvalue weighted by Crippen LogP contribution is 2.34. The topological polar surface area (TPSA) is 40.7 Å². The van der Waals surface area contributed by atoms with Crippen molar-refractivity contribution < 1.29 is 0 Å². The van der Waals surface area contributed by atoms with Crippen LogP contribution in [-0.2, 0) is 5.41 Å². The fourth-order valence-electron chi connectivity index (χ4n) is 2.89. The van der Waals surface area contributed by atoms with Crippen molar-refractivity contribution in [2.24, 2.45) is 0 Å². The van der Waals surface area contributed by atoms with Crippen LogP contribution in [0.25, 0.3) is 11.0 Å². The first-order valence-electron chi connectivity index (χ1n) is 6.61. The molecule has 2 aromatic rings.